The molecule has 2 N–H and O–H groups in total. The minimum atomic E-state index is -0.526. The highest BCUT2D eigenvalue weighted by Crippen LogP contribution is 2.24. The summed E-state index contributed by atoms with van der Waals surface area (Å²) in [6.07, 6.45) is 3.97. The lowest BCUT2D eigenvalue weighted by molar-refractivity contribution is -0.140. The van der Waals surface area contributed by atoms with E-state index in [2.05, 4.69) is 27.3 Å². The molecule has 1 aromatic heterocycles. The van der Waals surface area contributed by atoms with Gasteiger partial charge in [0.05, 0.1) is 25.2 Å². The van der Waals surface area contributed by atoms with E-state index >= 15 is 0 Å². The number of piperazine rings is 1. The van der Waals surface area contributed by atoms with Gasteiger partial charge in [-0.15, -0.1) is 0 Å². The highest BCUT2D eigenvalue weighted by atomic mass is 16.5. The SMILES string of the molecule is O=C(N[C@@H]1CC[C@@H](CC(=O)N2CCN(c3ccccc3)CC2)O[C@H]1CO)c1ccncc1. The van der Waals surface area contributed by atoms with Crippen molar-refractivity contribution in [3.63, 3.8) is 0 Å². The van der Waals surface area contributed by atoms with Crippen LogP contribution in [0.2, 0.25) is 0 Å². The zero-order valence-corrected chi connectivity index (χ0v) is 18.1. The Bertz CT molecular complexity index is 887. The van der Waals surface area contributed by atoms with Gasteiger partial charge in [-0.1, -0.05) is 18.2 Å². The summed E-state index contributed by atoms with van der Waals surface area (Å²) in [5.41, 5.74) is 1.70. The Labute approximate surface area is 188 Å². The lowest BCUT2D eigenvalue weighted by Crippen LogP contribution is -2.52. The van der Waals surface area contributed by atoms with E-state index in [1.165, 1.54) is 5.69 Å². The van der Waals surface area contributed by atoms with Gasteiger partial charge in [0.1, 0.15) is 6.10 Å². The first-order valence-electron chi connectivity index (χ1n) is 11.2. The average molecular weight is 439 g/mol. The number of aliphatic hydroxyl groups excluding tert-OH is 1. The highest BCUT2D eigenvalue weighted by molar-refractivity contribution is 5.94. The Hall–Kier alpha value is -2.97. The van der Waals surface area contributed by atoms with Gasteiger partial charge in [0.25, 0.3) is 5.91 Å². The van der Waals surface area contributed by atoms with Crippen LogP contribution in [0.1, 0.15) is 29.6 Å². The number of nitrogens with zero attached hydrogens (tertiary/aromatic N) is 3. The minimum absolute atomic E-state index is 0.0821. The number of carbonyl (C=O) groups excluding carboxylic acids is 2. The number of anilines is 1. The lowest BCUT2D eigenvalue weighted by Gasteiger charge is -2.39. The van der Waals surface area contributed by atoms with Crippen LogP contribution in [-0.2, 0) is 9.53 Å². The fourth-order valence-electron chi connectivity index (χ4n) is 4.38. The zero-order chi connectivity index (χ0) is 22.3. The van der Waals surface area contributed by atoms with Gasteiger partial charge >= 0.3 is 0 Å². The summed E-state index contributed by atoms with van der Waals surface area (Å²) < 4.78 is 6.00. The van der Waals surface area contributed by atoms with Crippen molar-refractivity contribution in [2.45, 2.75) is 37.5 Å². The molecule has 2 aliphatic heterocycles. The number of aliphatic hydroxyl groups is 1. The molecule has 3 atom stereocenters. The van der Waals surface area contributed by atoms with Gasteiger partial charge in [-0.25, -0.2) is 0 Å². The van der Waals surface area contributed by atoms with Crippen LogP contribution in [0, 0.1) is 0 Å². The predicted molar refractivity (Wildman–Crippen MR) is 120 cm³/mol. The molecule has 0 spiro atoms. The Kier molecular flexibility index (Phi) is 7.34. The molecule has 8 nitrogen and oxygen atoms in total. The van der Waals surface area contributed by atoms with Crippen molar-refractivity contribution in [2.24, 2.45) is 0 Å². The number of carbonyl (C=O) groups is 2. The number of para-hydroxylation sites is 1. The van der Waals surface area contributed by atoms with Crippen molar-refractivity contribution in [3.8, 4) is 0 Å². The maximum absolute atomic E-state index is 12.8. The molecule has 0 bridgehead atoms. The Morgan fingerprint density at radius 1 is 1.03 bits per heavy atom. The van der Waals surface area contributed by atoms with Gasteiger partial charge < -0.3 is 25.0 Å². The molecule has 0 radical (unpaired) electrons. The predicted octanol–water partition coefficient (Wildman–Crippen LogP) is 1.46. The average Bonchev–Trinajstić information content (AvgIpc) is 2.86. The van der Waals surface area contributed by atoms with Crippen molar-refractivity contribution in [1.82, 2.24) is 15.2 Å². The van der Waals surface area contributed by atoms with Gasteiger partial charge in [0.2, 0.25) is 5.91 Å². The second kappa shape index (κ2) is 10.6. The summed E-state index contributed by atoms with van der Waals surface area (Å²) in [5, 5.41) is 12.7. The zero-order valence-electron chi connectivity index (χ0n) is 18.1. The normalized spacial score (nSPS) is 23.6. The van der Waals surface area contributed by atoms with E-state index in [-0.39, 0.29) is 30.6 Å². The standard InChI is InChI=1S/C24H30N4O4/c29-17-22-21(26-24(31)18-8-10-25-11-9-18)7-6-20(32-22)16-23(30)28-14-12-27(13-15-28)19-4-2-1-3-5-19/h1-5,8-11,20-22,29H,6-7,12-17H2,(H,26,31)/t20-,21+,22-/m0/s1. The molecule has 4 rings (SSSR count). The van der Waals surface area contributed by atoms with Crippen LogP contribution >= 0.6 is 0 Å². The molecule has 1 aromatic carbocycles. The molecule has 0 unspecified atom stereocenters. The molecule has 32 heavy (non-hydrogen) atoms. The fourth-order valence-corrected chi connectivity index (χ4v) is 4.38. The van der Waals surface area contributed by atoms with Gasteiger partial charge in [-0.05, 0) is 37.1 Å². The maximum Gasteiger partial charge on any atom is 0.251 e. The first kappa shape index (κ1) is 22.2. The molecule has 2 amide bonds. The molecule has 0 aliphatic carbocycles. The van der Waals surface area contributed by atoms with E-state index in [9.17, 15) is 14.7 Å². The Morgan fingerprint density at radius 2 is 1.75 bits per heavy atom. The van der Waals surface area contributed by atoms with Crippen LogP contribution in [0.4, 0.5) is 5.69 Å². The number of aromatic nitrogens is 1. The second-order valence-corrected chi connectivity index (χ2v) is 8.28. The molecule has 0 saturated carbocycles. The third-order valence-corrected chi connectivity index (χ3v) is 6.21. The molecular formula is C24H30N4O4. The molecule has 8 heteroatoms. The van der Waals surface area contributed by atoms with Crippen molar-refractivity contribution >= 4 is 17.5 Å². The van der Waals surface area contributed by atoms with Crippen LogP contribution in [0.5, 0.6) is 0 Å². The van der Waals surface area contributed by atoms with Gasteiger partial charge in [0, 0.05) is 49.8 Å². The van der Waals surface area contributed by atoms with E-state index in [1.54, 1.807) is 24.5 Å². The van der Waals surface area contributed by atoms with Crippen LogP contribution in [-0.4, -0.2) is 77.8 Å². The van der Waals surface area contributed by atoms with E-state index in [0.29, 0.717) is 37.9 Å². The van der Waals surface area contributed by atoms with Crippen molar-refractivity contribution in [3.05, 3.63) is 60.4 Å². The third kappa shape index (κ3) is 5.44. The monoisotopic (exact) mass is 438 g/mol. The fraction of sp³-hybridized carbons (Fsp3) is 0.458. The number of pyridine rings is 1. The summed E-state index contributed by atoms with van der Waals surface area (Å²) in [6.45, 7) is 2.79. The summed E-state index contributed by atoms with van der Waals surface area (Å²) in [6, 6.07) is 13.2. The lowest BCUT2D eigenvalue weighted by atomic mass is 9.96. The first-order valence-corrected chi connectivity index (χ1v) is 11.2. The van der Waals surface area contributed by atoms with Crippen LogP contribution in [0.3, 0.4) is 0 Å². The van der Waals surface area contributed by atoms with E-state index in [4.69, 9.17) is 4.74 Å². The second-order valence-electron chi connectivity index (χ2n) is 8.28. The number of ether oxygens (including phenoxy) is 1. The largest absolute Gasteiger partial charge is 0.394 e. The minimum Gasteiger partial charge on any atom is -0.394 e. The number of benzene rings is 1. The number of rotatable bonds is 6. The first-order chi connectivity index (χ1) is 15.6. The Morgan fingerprint density at radius 3 is 2.44 bits per heavy atom. The van der Waals surface area contributed by atoms with Gasteiger partial charge in [-0.3, -0.25) is 14.6 Å². The van der Waals surface area contributed by atoms with E-state index in [0.717, 1.165) is 13.1 Å². The molecule has 2 aliphatic rings. The third-order valence-electron chi connectivity index (χ3n) is 6.21. The van der Waals surface area contributed by atoms with E-state index < -0.39 is 6.10 Å². The van der Waals surface area contributed by atoms with Crippen molar-refractivity contribution in [1.29, 1.82) is 0 Å². The molecule has 2 fully saturated rings. The highest BCUT2D eigenvalue weighted by Gasteiger charge is 2.34. The molecule has 3 heterocycles. The summed E-state index contributed by atoms with van der Waals surface area (Å²) in [5.74, 6) is -0.135. The molecule has 2 saturated heterocycles. The summed E-state index contributed by atoms with van der Waals surface area (Å²) in [4.78, 5) is 33.4. The summed E-state index contributed by atoms with van der Waals surface area (Å²) in [7, 11) is 0. The smallest absolute Gasteiger partial charge is 0.251 e. The van der Waals surface area contributed by atoms with Gasteiger partial charge in [-0.2, -0.15) is 0 Å². The van der Waals surface area contributed by atoms with Crippen LogP contribution in [0.15, 0.2) is 54.9 Å². The molecular weight excluding hydrogens is 408 g/mol. The molecule has 170 valence electrons. The topological polar surface area (TPSA) is 95.0 Å². The van der Waals surface area contributed by atoms with Crippen molar-refractivity contribution in [2.75, 3.05) is 37.7 Å². The van der Waals surface area contributed by atoms with Crippen molar-refractivity contribution < 1.29 is 19.4 Å². The summed E-state index contributed by atoms with van der Waals surface area (Å²) >= 11 is 0. The van der Waals surface area contributed by atoms with Crippen LogP contribution in [0.25, 0.3) is 0 Å². The molecule has 2 aromatic rings. The van der Waals surface area contributed by atoms with Crippen LogP contribution < -0.4 is 10.2 Å². The number of hydrogen-bond donors (Lipinski definition) is 2. The van der Waals surface area contributed by atoms with Gasteiger partial charge in [0.15, 0.2) is 0 Å². The number of nitrogens with one attached hydrogen (secondary N) is 1. The Balaban J connectivity index is 1.25. The van der Waals surface area contributed by atoms with E-state index in [1.807, 2.05) is 23.1 Å². The quantitative estimate of drug-likeness (QED) is 0.709. The number of amides is 2. The maximum atomic E-state index is 12.8. The number of hydrogen-bond acceptors (Lipinski definition) is 6.